The second-order valence-electron chi connectivity index (χ2n) is 3.02. The van der Waals surface area contributed by atoms with E-state index < -0.39 is 9.84 Å². The van der Waals surface area contributed by atoms with Gasteiger partial charge in [-0.3, -0.25) is 0 Å². The zero-order chi connectivity index (χ0) is 9.73. The number of allylic oxidation sites excluding steroid dienone is 1. The fourth-order valence-corrected chi connectivity index (χ4v) is 3.08. The molecule has 0 saturated carbocycles. The van der Waals surface area contributed by atoms with Crippen LogP contribution in [0.2, 0.25) is 0 Å². The van der Waals surface area contributed by atoms with E-state index in [-0.39, 0.29) is 17.4 Å². The molecule has 1 aliphatic heterocycles. The molecule has 1 heterocycles. The second kappa shape index (κ2) is 4.35. The number of hydrogen-bond acceptors (Lipinski definition) is 4. The molecular weight excluding hydrogens is 190 g/mol. The number of nitrogens with zero attached hydrogens (tertiary/aromatic N) is 1. The predicted octanol–water partition coefficient (Wildman–Crippen LogP) is 0.313. The number of sulfone groups is 1. The minimum Gasteiger partial charge on any atom is -0.229 e. The number of aliphatic imine (C=N–C) groups is 1. The summed E-state index contributed by atoms with van der Waals surface area (Å²) in [5.41, 5.74) is 0. The fraction of sp³-hybridized carbons (Fsp3) is 0.625. The Balaban J connectivity index is 2.40. The summed E-state index contributed by atoms with van der Waals surface area (Å²) in [4.78, 5) is 13.0. The fourth-order valence-electron chi connectivity index (χ4n) is 1.32. The van der Waals surface area contributed by atoms with Crippen LogP contribution in [0.1, 0.15) is 6.42 Å². The van der Waals surface area contributed by atoms with E-state index in [0.29, 0.717) is 13.0 Å². The summed E-state index contributed by atoms with van der Waals surface area (Å²) >= 11 is 0. The first-order chi connectivity index (χ1) is 6.14. The van der Waals surface area contributed by atoms with Crippen molar-refractivity contribution in [2.45, 2.75) is 6.42 Å². The van der Waals surface area contributed by atoms with E-state index in [1.807, 2.05) is 6.08 Å². The van der Waals surface area contributed by atoms with Crippen molar-refractivity contribution in [2.24, 2.45) is 10.9 Å². The second-order valence-corrected chi connectivity index (χ2v) is 5.25. The zero-order valence-corrected chi connectivity index (χ0v) is 7.96. The number of isocyanates is 1. The Bertz CT molecular complexity index is 338. The van der Waals surface area contributed by atoms with E-state index in [0.717, 1.165) is 0 Å². The van der Waals surface area contributed by atoms with Crippen LogP contribution >= 0.6 is 0 Å². The third-order valence-electron chi connectivity index (χ3n) is 1.94. The van der Waals surface area contributed by atoms with Crippen molar-refractivity contribution in [3.63, 3.8) is 0 Å². The highest BCUT2D eigenvalue weighted by atomic mass is 32.2. The molecule has 0 radical (unpaired) electrons. The van der Waals surface area contributed by atoms with Crippen LogP contribution in [0.3, 0.4) is 0 Å². The van der Waals surface area contributed by atoms with E-state index in [4.69, 9.17) is 0 Å². The predicted molar refractivity (Wildman–Crippen MR) is 48.9 cm³/mol. The summed E-state index contributed by atoms with van der Waals surface area (Å²) in [5.74, 6) is 0.611. The van der Waals surface area contributed by atoms with Gasteiger partial charge in [-0.05, 0) is 12.3 Å². The van der Waals surface area contributed by atoms with Crippen LogP contribution in [0.5, 0.6) is 0 Å². The van der Waals surface area contributed by atoms with Crippen LogP contribution in [0.15, 0.2) is 17.1 Å². The van der Waals surface area contributed by atoms with Gasteiger partial charge in [0.1, 0.15) is 0 Å². The summed E-state index contributed by atoms with van der Waals surface area (Å²) in [6, 6.07) is 0. The van der Waals surface area contributed by atoms with Gasteiger partial charge in [-0.25, -0.2) is 18.2 Å². The Kier molecular flexibility index (Phi) is 3.39. The van der Waals surface area contributed by atoms with E-state index in [1.54, 1.807) is 6.08 Å². The molecule has 72 valence electrons. The highest BCUT2D eigenvalue weighted by Gasteiger charge is 2.25. The van der Waals surface area contributed by atoms with Crippen molar-refractivity contribution < 1.29 is 13.2 Å². The van der Waals surface area contributed by atoms with Gasteiger partial charge in [0.05, 0.1) is 18.1 Å². The van der Waals surface area contributed by atoms with Crippen molar-refractivity contribution >= 4 is 15.9 Å². The molecule has 1 atom stereocenters. The zero-order valence-electron chi connectivity index (χ0n) is 7.14. The molecule has 0 bridgehead atoms. The van der Waals surface area contributed by atoms with Gasteiger partial charge in [0.25, 0.3) is 0 Å². The first-order valence-electron chi connectivity index (χ1n) is 4.05. The molecule has 5 heteroatoms. The van der Waals surface area contributed by atoms with Crippen molar-refractivity contribution in [1.82, 2.24) is 0 Å². The number of rotatable bonds is 3. The van der Waals surface area contributed by atoms with E-state index >= 15 is 0 Å². The average Bonchev–Trinajstić information content (AvgIpc) is 2.40. The molecule has 1 rings (SSSR count). The smallest absolute Gasteiger partial charge is 0.229 e. The van der Waals surface area contributed by atoms with E-state index in [2.05, 4.69) is 4.99 Å². The summed E-state index contributed by atoms with van der Waals surface area (Å²) in [5, 5.41) is 0. The topological polar surface area (TPSA) is 63.6 Å². The van der Waals surface area contributed by atoms with Crippen LogP contribution in [0.25, 0.3) is 0 Å². The van der Waals surface area contributed by atoms with Gasteiger partial charge >= 0.3 is 0 Å². The third-order valence-corrected chi connectivity index (χ3v) is 3.73. The first-order valence-corrected chi connectivity index (χ1v) is 5.87. The minimum absolute atomic E-state index is 0.104. The summed E-state index contributed by atoms with van der Waals surface area (Å²) in [6.07, 6.45) is 5.61. The summed E-state index contributed by atoms with van der Waals surface area (Å²) in [6.45, 7) is 0.292. The van der Waals surface area contributed by atoms with Gasteiger partial charge in [0.15, 0.2) is 9.84 Å². The summed E-state index contributed by atoms with van der Waals surface area (Å²) < 4.78 is 22.0. The molecule has 0 amide bonds. The van der Waals surface area contributed by atoms with Gasteiger partial charge in [0, 0.05) is 0 Å². The maximum atomic E-state index is 11.0. The SMILES string of the molecule is O=C=NC/C=C\C1CCS(=O)(=O)C1. The molecular formula is C8H11NO3S. The molecule has 0 aliphatic carbocycles. The maximum Gasteiger partial charge on any atom is 0.235 e. The Hall–Kier alpha value is -0.930. The maximum absolute atomic E-state index is 11.0. The normalized spacial score (nSPS) is 26.0. The lowest BCUT2D eigenvalue weighted by Crippen LogP contribution is -2.02. The summed E-state index contributed by atoms with van der Waals surface area (Å²) in [7, 11) is -2.80. The Morgan fingerprint density at radius 3 is 2.85 bits per heavy atom. The lowest BCUT2D eigenvalue weighted by Gasteiger charge is -1.96. The molecule has 0 aromatic carbocycles. The molecule has 13 heavy (non-hydrogen) atoms. The lowest BCUT2D eigenvalue weighted by atomic mass is 10.1. The first kappa shape index (κ1) is 10.2. The van der Waals surface area contributed by atoms with Crippen molar-refractivity contribution in [3.05, 3.63) is 12.2 Å². The Morgan fingerprint density at radius 1 is 1.54 bits per heavy atom. The largest absolute Gasteiger partial charge is 0.235 e. The molecule has 0 spiro atoms. The molecule has 0 N–H and O–H groups in total. The standard InChI is InChI=1S/C8H11NO3S/c10-7-9-4-1-2-8-3-5-13(11,12)6-8/h1-2,8H,3-6H2/b2-1-. The quantitative estimate of drug-likeness (QED) is 0.375. The Morgan fingerprint density at radius 2 is 2.31 bits per heavy atom. The van der Waals surface area contributed by atoms with Crippen LogP contribution < -0.4 is 0 Å². The van der Waals surface area contributed by atoms with Crippen LogP contribution in [-0.4, -0.2) is 32.5 Å². The molecule has 4 nitrogen and oxygen atoms in total. The molecule has 1 saturated heterocycles. The van der Waals surface area contributed by atoms with Crippen molar-refractivity contribution in [2.75, 3.05) is 18.1 Å². The Labute approximate surface area is 77.3 Å². The average molecular weight is 201 g/mol. The van der Waals surface area contributed by atoms with Gasteiger partial charge in [-0.1, -0.05) is 12.2 Å². The minimum atomic E-state index is -2.80. The van der Waals surface area contributed by atoms with Crippen LogP contribution in [0.4, 0.5) is 0 Å². The lowest BCUT2D eigenvalue weighted by molar-refractivity contribution is 0.563. The highest BCUT2D eigenvalue weighted by Crippen LogP contribution is 2.19. The van der Waals surface area contributed by atoms with Gasteiger partial charge in [-0.15, -0.1) is 0 Å². The molecule has 0 aromatic rings. The number of hydrogen-bond donors (Lipinski definition) is 0. The van der Waals surface area contributed by atoms with Gasteiger partial charge in [0.2, 0.25) is 6.08 Å². The van der Waals surface area contributed by atoms with E-state index in [1.165, 1.54) is 6.08 Å². The molecule has 1 unspecified atom stereocenters. The van der Waals surface area contributed by atoms with Gasteiger partial charge in [-0.2, -0.15) is 0 Å². The highest BCUT2D eigenvalue weighted by molar-refractivity contribution is 7.91. The van der Waals surface area contributed by atoms with Crippen LogP contribution in [0, 0.1) is 5.92 Å². The number of carbonyl (C=O) groups excluding carboxylic acids is 1. The van der Waals surface area contributed by atoms with Crippen molar-refractivity contribution in [1.29, 1.82) is 0 Å². The molecule has 0 aromatic heterocycles. The molecule has 1 aliphatic rings. The van der Waals surface area contributed by atoms with E-state index in [9.17, 15) is 13.2 Å². The third kappa shape index (κ3) is 3.53. The van der Waals surface area contributed by atoms with Crippen LogP contribution in [-0.2, 0) is 14.6 Å². The molecule has 1 fully saturated rings. The van der Waals surface area contributed by atoms with Gasteiger partial charge < -0.3 is 0 Å². The monoisotopic (exact) mass is 201 g/mol. The van der Waals surface area contributed by atoms with Crippen molar-refractivity contribution in [3.8, 4) is 0 Å².